The normalized spacial score (nSPS) is 17.2. The number of benzene rings is 1. The molecule has 3 aromatic rings. The van der Waals surface area contributed by atoms with Gasteiger partial charge in [-0.15, -0.1) is 0 Å². The standard InChI is InChI=1S/C42H55N7O11S/c1-22(2)34(47-37(55)27-13-12-24-10-8-9-11-26(24)44-27)39(57)46-29(17-32(53)54)38(56)48-35(23(3)4)41(59)49-15-14-25(18-42(5,6)7)36(49)40(58)45-28(16-31(51)52)30(50)20-60-33-19-43-21-61-33/h8-13,19,21-23,25,28-29,34-36H,14-18,20H2,1-7H3,(H,45,58)(H,46,57)(H,47,55)(H,48,56)(H,51,52)(H,53,54)/t25-,28+,29+,34+,35+,36+/m1/s1. The summed E-state index contributed by atoms with van der Waals surface area (Å²) in [5.41, 5.74) is 1.78. The molecule has 61 heavy (non-hydrogen) atoms. The number of carbonyl (C=O) groups excluding carboxylic acids is 6. The number of fused-ring (bicyclic) bond motifs is 1. The van der Waals surface area contributed by atoms with Crippen molar-refractivity contribution in [2.45, 2.75) is 104 Å². The van der Waals surface area contributed by atoms with Gasteiger partial charge in [-0.3, -0.25) is 38.4 Å². The number of carboxylic acids is 2. The van der Waals surface area contributed by atoms with Gasteiger partial charge in [0.2, 0.25) is 23.6 Å². The molecule has 0 bridgehead atoms. The summed E-state index contributed by atoms with van der Waals surface area (Å²) in [4.78, 5) is 116. The molecule has 5 amide bonds. The Kier molecular flexibility index (Phi) is 16.4. The molecular weight excluding hydrogens is 811 g/mol. The number of aliphatic carboxylic acids is 2. The summed E-state index contributed by atoms with van der Waals surface area (Å²) in [6.07, 6.45) is 0.620. The zero-order valence-electron chi connectivity index (χ0n) is 35.3. The number of rotatable bonds is 20. The van der Waals surface area contributed by atoms with E-state index < -0.39 is 115 Å². The van der Waals surface area contributed by atoms with E-state index in [0.717, 1.165) is 16.7 Å². The maximum atomic E-state index is 14.5. The Hall–Kier alpha value is -5.98. The van der Waals surface area contributed by atoms with Crippen LogP contribution in [0.15, 0.2) is 48.1 Å². The first-order chi connectivity index (χ1) is 28.6. The largest absolute Gasteiger partial charge is 0.481 e. The molecule has 1 fully saturated rings. The van der Waals surface area contributed by atoms with Crippen LogP contribution in [0.5, 0.6) is 5.06 Å². The van der Waals surface area contributed by atoms with Crippen molar-refractivity contribution in [1.29, 1.82) is 0 Å². The van der Waals surface area contributed by atoms with E-state index in [1.165, 1.54) is 22.7 Å². The molecule has 0 unspecified atom stereocenters. The summed E-state index contributed by atoms with van der Waals surface area (Å²) >= 11 is 1.12. The van der Waals surface area contributed by atoms with Crippen LogP contribution in [0.25, 0.3) is 10.9 Å². The van der Waals surface area contributed by atoms with Gasteiger partial charge in [-0.1, -0.05) is 84.1 Å². The van der Waals surface area contributed by atoms with Crippen molar-refractivity contribution >= 4 is 69.5 Å². The maximum Gasteiger partial charge on any atom is 0.305 e. The number of likely N-dealkylation sites (tertiary alicyclic amines) is 1. The highest BCUT2D eigenvalue weighted by Crippen LogP contribution is 2.36. The summed E-state index contributed by atoms with van der Waals surface area (Å²) in [6.45, 7) is 12.0. The fourth-order valence-electron chi connectivity index (χ4n) is 7.19. The lowest BCUT2D eigenvalue weighted by atomic mass is 9.81. The topological polar surface area (TPSA) is 263 Å². The molecule has 330 valence electrons. The number of nitrogens with zero attached hydrogens (tertiary/aromatic N) is 3. The zero-order valence-corrected chi connectivity index (χ0v) is 36.1. The Morgan fingerprint density at radius 3 is 2.10 bits per heavy atom. The molecular formula is C42H55N7O11S. The first-order valence-corrected chi connectivity index (χ1v) is 20.9. The number of hydrogen-bond donors (Lipinski definition) is 6. The van der Waals surface area contributed by atoms with Crippen molar-refractivity contribution in [2.24, 2.45) is 23.2 Å². The van der Waals surface area contributed by atoms with Crippen LogP contribution in [-0.4, -0.2) is 116 Å². The number of carboxylic acid groups (broad SMARTS) is 2. The van der Waals surface area contributed by atoms with Crippen LogP contribution in [0, 0.1) is 23.2 Å². The summed E-state index contributed by atoms with van der Waals surface area (Å²) in [5.74, 6) is -8.98. The van der Waals surface area contributed by atoms with Gasteiger partial charge in [0, 0.05) is 11.9 Å². The number of carbonyl (C=O) groups is 8. The van der Waals surface area contributed by atoms with Crippen LogP contribution in [-0.2, 0) is 33.6 Å². The molecule has 18 nitrogen and oxygen atoms in total. The van der Waals surface area contributed by atoms with E-state index in [1.807, 2.05) is 32.9 Å². The molecule has 6 atom stereocenters. The summed E-state index contributed by atoms with van der Waals surface area (Å²) in [5, 5.41) is 30.7. The van der Waals surface area contributed by atoms with Gasteiger partial charge < -0.3 is 41.1 Å². The van der Waals surface area contributed by atoms with Gasteiger partial charge in [-0.05, 0) is 48.1 Å². The van der Waals surface area contributed by atoms with E-state index in [1.54, 1.807) is 45.9 Å². The Bertz CT molecular complexity index is 2090. The second-order valence-electron chi connectivity index (χ2n) is 17.0. The van der Waals surface area contributed by atoms with E-state index in [2.05, 4.69) is 31.2 Å². The highest BCUT2D eigenvalue weighted by atomic mass is 32.1. The van der Waals surface area contributed by atoms with Crippen LogP contribution >= 0.6 is 11.3 Å². The third-order valence-corrected chi connectivity index (χ3v) is 10.8. The minimum Gasteiger partial charge on any atom is -0.481 e. The Morgan fingerprint density at radius 1 is 0.836 bits per heavy atom. The first-order valence-electron chi connectivity index (χ1n) is 20.0. The van der Waals surface area contributed by atoms with Gasteiger partial charge in [0.25, 0.3) is 5.91 Å². The average molecular weight is 866 g/mol. The minimum absolute atomic E-state index is 0.0406. The molecule has 0 radical (unpaired) electrons. The molecule has 19 heteroatoms. The lowest BCUT2D eigenvalue weighted by Gasteiger charge is -2.34. The van der Waals surface area contributed by atoms with Crippen molar-refractivity contribution in [3.05, 3.63) is 53.8 Å². The highest BCUT2D eigenvalue weighted by Gasteiger charge is 2.46. The number of pyridine rings is 1. The Morgan fingerprint density at radius 2 is 1.49 bits per heavy atom. The molecule has 1 aromatic carbocycles. The van der Waals surface area contributed by atoms with Gasteiger partial charge in [0.15, 0.2) is 10.8 Å². The van der Waals surface area contributed by atoms with Gasteiger partial charge in [0.1, 0.15) is 42.5 Å². The predicted octanol–water partition coefficient (Wildman–Crippen LogP) is 2.81. The molecule has 0 saturated carbocycles. The molecule has 0 aliphatic carbocycles. The molecule has 1 aliphatic heterocycles. The smallest absolute Gasteiger partial charge is 0.305 e. The van der Waals surface area contributed by atoms with Crippen molar-refractivity contribution in [3.63, 3.8) is 0 Å². The number of amides is 5. The molecule has 3 heterocycles. The predicted molar refractivity (Wildman–Crippen MR) is 223 cm³/mol. The lowest BCUT2D eigenvalue weighted by molar-refractivity contribution is -0.146. The van der Waals surface area contributed by atoms with Crippen LogP contribution in [0.2, 0.25) is 0 Å². The number of Topliss-reactive ketones (excluding diaryl/α,β-unsaturated/α-hetero) is 1. The van der Waals surface area contributed by atoms with Gasteiger partial charge in [-0.2, -0.15) is 0 Å². The number of para-hydroxylation sites is 1. The summed E-state index contributed by atoms with van der Waals surface area (Å²) in [6, 6.07) is 3.50. The third-order valence-electron chi connectivity index (χ3n) is 10.1. The van der Waals surface area contributed by atoms with Crippen LogP contribution in [0.4, 0.5) is 0 Å². The molecule has 1 saturated heterocycles. The fourth-order valence-corrected chi connectivity index (χ4v) is 7.66. The van der Waals surface area contributed by atoms with Gasteiger partial charge >= 0.3 is 11.9 Å². The molecule has 6 N–H and O–H groups in total. The quantitative estimate of drug-likeness (QED) is 0.0956. The number of aromatic nitrogens is 2. The fraction of sp³-hybridized carbons (Fsp3) is 0.524. The van der Waals surface area contributed by atoms with Crippen LogP contribution < -0.4 is 26.0 Å². The Labute approximate surface area is 357 Å². The maximum absolute atomic E-state index is 14.5. The number of ether oxygens (including phenoxy) is 1. The monoisotopic (exact) mass is 865 g/mol. The number of ketones is 1. The number of thiazole rings is 1. The van der Waals surface area contributed by atoms with Gasteiger partial charge in [-0.25, -0.2) is 9.97 Å². The summed E-state index contributed by atoms with van der Waals surface area (Å²) in [7, 11) is 0. The Balaban J connectivity index is 1.54. The van der Waals surface area contributed by atoms with E-state index in [4.69, 9.17) is 4.74 Å². The number of nitrogens with one attached hydrogen (secondary N) is 4. The van der Waals surface area contributed by atoms with Crippen LogP contribution in [0.3, 0.4) is 0 Å². The van der Waals surface area contributed by atoms with Crippen molar-refractivity contribution in [1.82, 2.24) is 36.1 Å². The van der Waals surface area contributed by atoms with E-state index in [9.17, 15) is 48.6 Å². The molecule has 0 spiro atoms. The second kappa shape index (κ2) is 21.0. The van der Waals surface area contributed by atoms with Gasteiger partial charge in [0.05, 0.1) is 30.1 Å². The molecule has 2 aromatic heterocycles. The lowest BCUT2D eigenvalue weighted by Crippen LogP contribution is -2.61. The van der Waals surface area contributed by atoms with Crippen molar-refractivity contribution in [3.8, 4) is 5.06 Å². The van der Waals surface area contributed by atoms with Crippen molar-refractivity contribution in [2.75, 3.05) is 13.2 Å². The van der Waals surface area contributed by atoms with Crippen molar-refractivity contribution < 1.29 is 53.3 Å². The summed E-state index contributed by atoms with van der Waals surface area (Å²) < 4.78 is 5.43. The average Bonchev–Trinajstić information content (AvgIpc) is 3.86. The van der Waals surface area contributed by atoms with Crippen LogP contribution in [0.1, 0.15) is 84.6 Å². The minimum atomic E-state index is -1.68. The highest BCUT2D eigenvalue weighted by molar-refractivity contribution is 7.11. The van der Waals surface area contributed by atoms with E-state index in [0.29, 0.717) is 23.4 Å². The second-order valence-corrected chi connectivity index (χ2v) is 17.8. The third kappa shape index (κ3) is 13.5. The molecule has 1 aliphatic rings. The zero-order chi connectivity index (χ0) is 45.2. The van der Waals surface area contributed by atoms with E-state index in [-0.39, 0.29) is 17.7 Å². The first kappa shape index (κ1) is 47.7. The number of hydrogen-bond acceptors (Lipinski definition) is 12. The van der Waals surface area contributed by atoms with E-state index >= 15 is 0 Å². The molecule has 4 rings (SSSR count). The SMILES string of the molecule is CC(C)[C@H](NC(=O)c1ccc2ccccc2n1)C(=O)N[C@@H](CC(=O)O)C(=O)N[C@H](C(=O)N1CC[C@H](CC(C)(C)C)[C@H]1C(=O)N[C@@H](CC(=O)O)C(=O)COc1cncs1)C(C)C.